The van der Waals surface area contributed by atoms with Crippen LogP contribution in [0.4, 0.5) is 0 Å². The molecule has 0 atom stereocenters. The van der Waals surface area contributed by atoms with Crippen LogP contribution in [0.3, 0.4) is 0 Å². The summed E-state index contributed by atoms with van der Waals surface area (Å²) in [4.78, 5) is 16.1. The molecule has 0 saturated carbocycles. The van der Waals surface area contributed by atoms with E-state index in [2.05, 4.69) is 15.2 Å². The van der Waals surface area contributed by atoms with Crippen molar-refractivity contribution >= 4 is 17.7 Å². The Labute approximate surface area is 161 Å². The van der Waals surface area contributed by atoms with E-state index in [1.54, 1.807) is 19.5 Å². The van der Waals surface area contributed by atoms with Gasteiger partial charge in [-0.25, -0.2) is 0 Å². The van der Waals surface area contributed by atoms with Crippen LogP contribution in [0.15, 0.2) is 53.9 Å². The molecule has 0 aliphatic rings. The van der Waals surface area contributed by atoms with Gasteiger partial charge in [0, 0.05) is 18.0 Å². The third-order valence-electron chi connectivity index (χ3n) is 3.57. The number of aromatic nitrogens is 4. The van der Waals surface area contributed by atoms with Crippen LogP contribution >= 0.6 is 11.8 Å². The van der Waals surface area contributed by atoms with Crippen LogP contribution in [-0.2, 0) is 9.53 Å². The van der Waals surface area contributed by atoms with E-state index in [1.807, 2.05) is 54.8 Å². The molecule has 0 aliphatic heterocycles. The van der Waals surface area contributed by atoms with E-state index in [0.29, 0.717) is 16.7 Å². The molecule has 0 bridgehead atoms. The fourth-order valence-corrected chi connectivity index (χ4v) is 3.22. The van der Waals surface area contributed by atoms with Crippen molar-refractivity contribution in [2.45, 2.75) is 25.1 Å². The highest BCUT2D eigenvalue weighted by Gasteiger charge is 2.20. The zero-order valence-corrected chi connectivity index (χ0v) is 16.1. The van der Waals surface area contributed by atoms with Gasteiger partial charge in [0.25, 0.3) is 0 Å². The van der Waals surface area contributed by atoms with Gasteiger partial charge in [0.05, 0.1) is 24.7 Å². The summed E-state index contributed by atoms with van der Waals surface area (Å²) in [6.07, 6.45) is 3.26. The van der Waals surface area contributed by atoms with Gasteiger partial charge in [-0.1, -0.05) is 23.9 Å². The van der Waals surface area contributed by atoms with Crippen LogP contribution in [0, 0.1) is 0 Å². The van der Waals surface area contributed by atoms with Crippen molar-refractivity contribution in [1.29, 1.82) is 0 Å². The number of ether oxygens (including phenoxy) is 2. The number of carbonyl (C=O) groups excluding carboxylic acids is 1. The molecule has 0 radical (unpaired) electrons. The number of hydrogen-bond donors (Lipinski definition) is 0. The number of carbonyl (C=O) groups is 1. The number of nitrogens with zero attached hydrogens (tertiary/aromatic N) is 4. The third-order valence-corrected chi connectivity index (χ3v) is 4.47. The van der Waals surface area contributed by atoms with E-state index in [-0.39, 0.29) is 17.8 Å². The number of pyridine rings is 1. The Balaban J connectivity index is 2.02. The molecular weight excluding hydrogens is 364 g/mol. The number of thioether (sulfide) groups is 1. The minimum atomic E-state index is -0.299. The normalized spacial score (nSPS) is 10.8. The summed E-state index contributed by atoms with van der Waals surface area (Å²) in [6, 6.07) is 11.3. The quantitative estimate of drug-likeness (QED) is 0.456. The maximum absolute atomic E-state index is 11.9. The second-order valence-corrected chi connectivity index (χ2v) is 6.82. The Kier molecular flexibility index (Phi) is 6.08. The van der Waals surface area contributed by atoms with Crippen molar-refractivity contribution in [3.05, 3.63) is 48.8 Å². The molecule has 7 nitrogen and oxygen atoms in total. The van der Waals surface area contributed by atoms with E-state index in [0.717, 1.165) is 11.3 Å². The molecule has 0 unspecified atom stereocenters. The lowest BCUT2D eigenvalue weighted by Gasteiger charge is -2.14. The van der Waals surface area contributed by atoms with Gasteiger partial charge in [0.15, 0.2) is 11.0 Å². The maximum atomic E-state index is 11.9. The highest BCUT2D eigenvalue weighted by atomic mass is 32.2. The van der Waals surface area contributed by atoms with Crippen molar-refractivity contribution in [1.82, 2.24) is 19.7 Å². The van der Waals surface area contributed by atoms with E-state index in [9.17, 15) is 4.79 Å². The number of rotatable bonds is 7. The topological polar surface area (TPSA) is 79.1 Å². The van der Waals surface area contributed by atoms with Crippen LogP contribution in [0.1, 0.15) is 13.8 Å². The molecule has 0 amide bonds. The van der Waals surface area contributed by atoms with Crippen LogP contribution in [-0.4, -0.2) is 44.7 Å². The Bertz CT molecular complexity index is 912. The smallest absolute Gasteiger partial charge is 0.316 e. The van der Waals surface area contributed by atoms with Crippen LogP contribution in [0.5, 0.6) is 5.75 Å². The lowest BCUT2D eigenvalue weighted by Crippen LogP contribution is -2.13. The van der Waals surface area contributed by atoms with Gasteiger partial charge in [0.2, 0.25) is 0 Å². The molecule has 27 heavy (non-hydrogen) atoms. The summed E-state index contributed by atoms with van der Waals surface area (Å²) >= 11 is 1.27. The van der Waals surface area contributed by atoms with Crippen molar-refractivity contribution in [3.63, 3.8) is 0 Å². The molecule has 140 valence electrons. The molecule has 2 heterocycles. The average Bonchev–Trinajstić information content (AvgIpc) is 3.10. The van der Waals surface area contributed by atoms with Gasteiger partial charge in [-0.2, -0.15) is 0 Å². The van der Waals surface area contributed by atoms with Gasteiger partial charge in [-0.05, 0) is 38.1 Å². The van der Waals surface area contributed by atoms with E-state index >= 15 is 0 Å². The number of methoxy groups -OCH3 is 1. The van der Waals surface area contributed by atoms with Crippen LogP contribution in [0.25, 0.3) is 17.1 Å². The number of hydrogen-bond acceptors (Lipinski definition) is 7. The first-order valence-electron chi connectivity index (χ1n) is 8.41. The first-order chi connectivity index (χ1) is 13.1. The predicted molar refractivity (Wildman–Crippen MR) is 103 cm³/mol. The molecule has 8 heteroatoms. The first-order valence-corrected chi connectivity index (χ1v) is 9.40. The number of benzene rings is 1. The predicted octanol–water partition coefficient (Wildman–Crippen LogP) is 3.38. The molecule has 3 rings (SSSR count). The van der Waals surface area contributed by atoms with E-state index in [1.165, 1.54) is 11.8 Å². The summed E-state index contributed by atoms with van der Waals surface area (Å²) in [5.74, 6) is 1.13. The zero-order valence-electron chi connectivity index (χ0n) is 15.3. The van der Waals surface area contributed by atoms with Crippen LogP contribution in [0.2, 0.25) is 0 Å². The Hall–Kier alpha value is -2.87. The molecule has 2 aromatic heterocycles. The number of para-hydroxylation sites is 2. The monoisotopic (exact) mass is 384 g/mol. The van der Waals surface area contributed by atoms with Crippen molar-refractivity contribution in [2.75, 3.05) is 12.9 Å². The van der Waals surface area contributed by atoms with Gasteiger partial charge >= 0.3 is 5.97 Å². The lowest BCUT2D eigenvalue weighted by atomic mass is 10.2. The van der Waals surface area contributed by atoms with Crippen molar-refractivity contribution in [2.24, 2.45) is 0 Å². The third kappa shape index (κ3) is 4.46. The zero-order chi connectivity index (χ0) is 19.2. The Morgan fingerprint density at radius 3 is 2.70 bits per heavy atom. The van der Waals surface area contributed by atoms with Gasteiger partial charge < -0.3 is 9.47 Å². The van der Waals surface area contributed by atoms with Crippen molar-refractivity contribution in [3.8, 4) is 22.8 Å². The molecule has 0 fully saturated rings. The van der Waals surface area contributed by atoms with E-state index in [4.69, 9.17) is 9.47 Å². The largest absolute Gasteiger partial charge is 0.495 e. The summed E-state index contributed by atoms with van der Waals surface area (Å²) in [6.45, 7) is 3.64. The fourth-order valence-electron chi connectivity index (χ4n) is 2.50. The van der Waals surface area contributed by atoms with Gasteiger partial charge in [-0.3, -0.25) is 14.3 Å². The molecule has 0 spiro atoms. The second kappa shape index (κ2) is 8.68. The Morgan fingerprint density at radius 2 is 2.00 bits per heavy atom. The highest BCUT2D eigenvalue weighted by Crippen LogP contribution is 2.32. The summed E-state index contributed by atoms with van der Waals surface area (Å²) in [5, 5.41) is 9.17. The number of esters is 1. The fraction of sp³-hybridized carbons (Fsp3) is 0.263. The molecule has 1 aromatic carbocycles. The van der Waals surface area contributed by atoms with Crippen molar-refractivity contribution < 1.29 is 14.3 Å². The summed E-state index contributed by atoms with van der Waals surface area (Å²) in [5.41, 5.74) is 1.59. The Morgan fingerprint density at radius 1 is 1.19 bits per heavy atom. The van der Waals surface area contributed by atoms with Gasteiger partial charge in [-0.15, -0.1) is 10.2 Å². The van der Waals surface area contributed by atoms with E-state index < -0.39 is 0 Å². The maximum Gasteiger partial charge on any atom is 0.316 e. The lowest BCUT2D eigenvalue weighted by molar-refractivity contribution is -0.144. The van der Waals surface area contributed by atoms with Gasteiger partial charge in [0.1, 0.15) is 5.75 Å². The standard InChI is InChI=1S/C19H20N4O3S/c1-13(2)26-17(24)12-27-19-22-21-18(14-7-6-10-20-11-14)23(19)15-8-4-5-9-16(15)25-3/h4-11,13H,12H2,1-3H3. The highest BCUT2D eigenvalue weighted by molar-refractivity contribution is 7.99. The summed E-state index contributed by atoms with van der Waals surface area (Å²) in [7, 11) is 1.61. The average molecular weight is 384 g/mol. The molecule has 3 aromatic rings. The van der Waals surface area contributed by atoms with Crippen LogP contribution < -0.4 is 4.74 Å². The summed E-state index contributed by atoms with van der Waals surface area (Å²) < 4.78 is 12.6. The molecule has 0 N–H and O–H groups in total. The minimum absolute atomic E-state index is 0.137. The second-order valence-electron chi connectivity index (χ2n) is 5.88. The SMILES string of the molecule is COc1ccccc1-n1c(SCC(=O)OC(C)C)nnc1-c1cccnc1. The molecule has 0 aliphatic carbocycles. The first kappa shape index (κ1) is 18.9. The minimum Gasteiger partial charge on any atom is -0.495 e. The molecule has 0 saturated heterocycles. The molecular formula is C19H20N4O3S.